The summed E-state index contributed by atoms with van der Waals surface area (Å²) in [6.07, 6.45) is -2.81. The van der Waals surface area contributed by atoms with Crippen LogP contribution in [0, 0.1) is 0 Å². The average molecular weight is 265 g/mol. The second-order valence-electron chi connectivity index (χ2n) is 3.15. The van der Waals surface area contributed by atoms with Crippen molar-refractivity contribution in [1.29, 1.82) is 0 Å². The molecule has 1 atom stereocenters. The van der Waals surface area contributed by atoms with Crippen LogP contribution >= 0.6 is 0 Å². The van der Waals surface area contributed by atoms with E-state index in [4.69, 9.17) is 4.55 Å². The highest BCUT2D eigenvalue weighted by Gasteiger charge is 2.51. The van der Waals surface area contributed by atoms with Crippen LogP contribution in [0.15, 0.2) is 0 Å². The number of nitrogens with one attached hydrogen (secondary N) is 1. The molecule has 0 fully saturated rings. The lowest BCUT2D eigenvalue weighted by molar-refractivity contribution is -0.00689. The summed E-state index contributed by atoms with van der Waals surface area (Å²) in [5, 5.41) is -1.94. The molecule has 0 radical (unpaired) electrons. The van der Waals surface area contributed by atoms with E-state index in [1.54, 1.807) is 6.92 Å². The van der Waals surface area contributed by atoms with Crippen molar-refractivity contribution in [3.05, 3.63) is 0 Å². The third kappa shape index (κ3) is 6.29. The third-order valence-electron chi connectivity index (χ3n) is 1.52. The number of halogens is 3. The summed E-state index contributed by atoms with van der Waals surface area (Å²) in [7, 11) is -1.89. The number of unbranched alkanes of at least 4 members (excludes halogenated alkanes) is 1. The van der Waals surface area contributed by atoms with Crippen molar-refractivity contribution in [3.63, 3.8) is 0 Å². The molecule has 0 aliphatic heterocycles. The minimum atomic E-state index is -5.64. The summed E-state index contributed by atoms with van der Waals surface area (Å²) in [6.45, 7) is 1.65. The van der Waals surface area contributed by atoms with Crippen molar-refractivity contribution >= 4 is 10.1 Å². The topological polar surface area (TPSA) is 66.4 Å². The van der Waals surface area contributed by atoms with E-state index in [-0.39, 0.29) is 6.42 Å². The van der Waals surface area contributed by atoms with Gasteiger partial charge in [-0.3, -0.25) is 4.55 Å². The van der Waals surface area contributed by atoms with Crippen LogP contribution < -0.4 is 5.32 Å². The maximum Gasteiger partial charge on any atom is 0.400 e. The van der Waals surface area contributed by atoms with E-state index in [2.05, 4.69) is 5.32 Å². The smallest absolute Gasteiger partial charge is 0.323 e. The summed E-state index contributed by atoms with van der Waals surface area (Å²) in [5.74, 6) is 0. The summed E-state index contributed by atoms with van der Waals surface area (Å²) in [6, 6.07) is 0. The second kappa shape index (κ2) is 7.86. The van der Waals surface area contributed by atoms with Gasteiger partial charge < -0.3 is 5.32 Å². The van der Waals surface area contributed by atoms with Crippen molar-refractivity contribution in [3.8, 4) is 0 Å². The Morgan fingerprint density at radius 3 is 2.00 bits per heavy atom. The fraction of sp³-hybridized carbons (Fsp3) is 1.00. The molecular formula is C8H18F3NO3S. The summed E-state index contributed by atoms with van der Waals surface area (Å²) < 4.78 is 65.5. The van der Waals surface area contributed by atoms with Gasteiger partial charge >= 0.3 is 15.4 Å². The Kier molecular flexibility index (Phi) is 8.86. The van der Waals surface area contributed by atoms with Crippen LogP contribution in [0.2, 0.25) is 0 Å². The Hall–Kier alpha value is -0.340. The highest BCUT2D eigenvalue weighted by molar-refractivity contribution is 7.86. The van der Waals surface area contributed by atoms with Gasteiger partial charge in [0.1, 0.15) is 0 Å². The number of rotatable bonds is 5. The van der Waals surface area contributed by atoms with E-state index < -0.39 is 28.0 Å². The Bertz CT molecular complexity index is 270. The molecule has 0 spiro atoms. The van der Waals surface area contributed by atoms with Crippen LogP contribution in [0.3, 0.4) is 0 Å². The van der Waals surface area contributed by atoms with Crippen molar-refractivity contribution in [2.24, 2.45) is 0 Å². The first kappa shape index (κ1) is 18.0. The molecule has 0 aromatic heterocycles. The van der Waals surface area contributed by atoms with Gasteiger partial charge in [-0.05, 0) is 20.5 Å². The van der Waals surface area contributed by atoms with E-state index in [1.165, 1.54) is 0 Å². The van der Waals surface area contributed by atoms with Crippen molar-refractivity contribution in [1.82, 2.24) is 5.32 Å². The molecule has 4 nitrogen and oxygen atoms in total. The van der Waals surface area contributed by atoms with Crippen LogP contribution in [0.5, 0.6) is 0 Å². The monoisotopic (exact) mass is 265 g/mol. The van der Waals surface area contributed by atoms with Gasteiger partial charge in [0, 0.05) is 0 Å². The molecule has 0 bridgehead atoms. The van der Waals surface area contributed by atoms with Crippen molar-refractivity contribution < 1.29 is 26.1 Å². The lowest BCUT2D eigenvalue weighted by Gasteiger charge is -2.16. The van der Waals surface area contributed by atoms with E-state index >= 15 is 0 Å². The normalized spacial score (nSPS) is 13.9. The van der Waals surface area contributed by atoms with Crippen LogP contribution in [-0.4, -0.2) is 38.5 Å². The van der Waals surface area contributed by atoms with Crippen molar-refractivity contribution in [2.75, 3.05) is 14.1 Å². The Balaban J connectivity index is 0. The number of hydrogen-bond donors (Lipinski definition) is 2. The van der Waals surface area contributed by atoms with E-state index in [0.29, 0.717) is 6.42 Å². The lowest BCUT2D eigenvalue weighted by Crippen LogP contribution is -2.38. The van der Waals surface area contributed by atoms with Gasteiger partial charge in [0.25, 0.3) is 0 Å². The third-order valence-corrected chi connectivity index (χ3v) is 2.46. The molecular weight excluding hydrogens is 247 g/mol. The molecule has 0 aromatic rings. The zero-order valence-electron chi connectivity index (χ0n) is 9.50. The van der Waals surface area contributed by atoms with Gasteiger partial charge in [-0.15, -0.1) is 0 Å². The minimum absolute atomic E-state index is 0.145. The molecule has 0 amide bonds. The van der Waals surface area contributed by atoms with Crippen LogP contribution in [-0.2, 0) is 10.1 Å². The zero-order chi connectivity index (χ0) is 13.4. The van der Waals surface area contributed by atoms with Gasteiger partial charge in [-0.2, -0.15) is 17.2 Å². The average Bonchev–Trinajstić information content (AvgIpc) is 2.13. The van der Waals surface area contributed by atoms with Gasteiger partial charge in [0.2, 0.25) is 0 Å². The number of alkyl halides is 3. The molecule has 100 valence electrons. The standard InChI is InChI=1S/C6H11F3O3S.C2H7N/c1-2-3-4-5(7)6(8,9)13(10,11)12;1-3-2/h5H,2-4H2,1H3,(H,10,11,12);3H,1-2H3. The molecule has 16 heavy (non-hydrogen) atoms. The maximum atomic E-state index is 12.6. The first-order chi connectivity index (χ1) is 7.15. The van der Waals surface area contributed by atoms with Crippen LogP contribution in [0.25, 0.3) is 0 Å². The van der Waals surface area contributed by atoms with Gasteiger partial charge in [-0.25, -0.2) is 4.39 Å². The minimum Gasteiger partial charge on any atom is -0.323 e. The second-order valence-corrected chi connectivity index (χ2v) is 4.64. The highest BCUT2D eigenvalue weighted by Crippen LogP contribution is 2.30. The predicted molar refractivity (Wildman–Crippen MR) is 55.9 cm³/mol. The molecule has 0 heterocycles. The van der Waals surface area contributed by atoms with Crippen LogP contribution in [0.1, 0.15) is 26.2 Å². The fourth-order valence-electron chi connectivity index (χ4n) is 0.713. The molecule has 1 unspecified atom stereocenters. The SMILES string of the molecule is CCCCC(F)C(F)(F)S(=O)(=O)O.CNC. The quantitative estimate of drug-likeness (QED) is 0.744. The molecule has 0 saturated heterocycles. The summed E-state index contributed by atoms with van der Waals surface area (Å²) in [4.78, 5) is 0. The lowest BCUT2D eigenvalue weighted by atomic mass is 10.2. The van der Waals surface area contributed by atoms with Gasteiger partial charge in [0.05, 0.1) is 0 Å². The summed E-state index contributed by atoms with van der Waals surface area (Å²) >= 11 is 0. The Morgan fingerprint density at radius 2 is 1.75 bits per heavy atom. The fourth-order valence-corrected chi connectivity index (χ4v) is 1.15. The van der Waals surface area contributed by atoms with Gasteiger partial charge in [-0.1, -0.05) is 19.8 Å². The molecule has 0 aliphatic rings. The Labute approximate surface area is 94.0 Å². The molecule has 0 rings (SSSR count). The van der Waals surface area contributed by atoms with Crippen molar-refractivity contribution in [2.45, 2.75) is 37.6 Å². The maximum absolute atomic E-state index is 12.6. The van der Waals surface area contributed by atoms with Gasteiger partial charge in [0.15, 0.2) is 6.17 Å². The largest absolute Gasteiger partial charge is 0.400 e. The molecule has 8 heteroatoms. The van der Waals surface area contributed by atoms with Crippen LogP contribution in [0.4, 0.5) is 13.2 Å². The molecule has 0 aliphatic carbocycles. The predicted octanol–water partition coefficient (Wildman–Crippen LogP) is 1.83. The first-order valence-corrected chi connectivity index (χ1v) is 6.16. The molecule has 0 saturated carbocycles. The Morgan fingerprint density at radius 1 is 1.38 bits per heavy atom. The molecule has 0 aromatic carbocycles. The first-order valence-electron chi connectivity index (χ1n) is 4.72. The van der Waals surface area contributed by atoms with E-state index in [9.17, 15) is 21.6 Å². The molecule has 2 N–H and O–H groups in total. The number of hydrogen-bond acceptors (Lipinski definition) is 3. The van der Waals surface area contributed by atoms with E-state index in [1.807, 2.05) is 14.1 Å². The summed E-state index contributed by atoms with van der Waals surface area (Å²) in [5.41, 5.74) is 0. The highest BCUT2D eigenvalue weighted by atomic mass is 32.2. The van der Waals surface area contributed by atoms with E-state index in [0.717, 1.165) is 0 Å². The zero-order valence-corrected chi connectivity index (χ0v) is 10.3.